The van der Waals surface area contributed by atoms with Crippen molar-refractivity contribution >= 4 is 0 Å². The van der Waals surface area contributed by atoms with Crippen LogP contribution in [0, 0.1) is 5.41 Å². The van der Waals surface area contributed by atoms with Gasteiger partial charge in [0.2, 0.25) is 0 Å². The van der Waals surface area contributed by atoms with Gasteiger partial charge in [0.25, 0.3) is 0 Å². The number of nitrogens with one attached hydrogen (secondary N) is 1. The van der Waals surface area contributed by atoms with Gasteiger partial charge in [-0.15, -0.1) is 0 Å². The number of hydrogen-bond donors (Lipinski definition) is 1. The number of piperidine rings is 1. The number of hydrogen-bond acceptors (Lipinski definition) is 3. The van der Waals surface area contributed by atoms with Gasteiger partial charge in [0.15, 0.2) is 5.79 Å². The maximum absolute atomic E-state index is 16.3. The molecule has 0 radical (unpaired) electrons. The van der Waals surface area contributed by atoms with Crippen molar-refractivity contribution in [2.45, 2.75) is 61.4 Å². The Hall–Kier alpha value is -1.13. The molecule has 0 aromatic heterocycles. The molecule has 2 heterocycles. The van der Waals surface area contributed by atoms with Gasteiger partial charge in [0.1, 0.15) is 17.5 Å². The fourth-order valence-corrected chi connectivity index (χ4v) is 7.22. The Morgan fingerprint density at radius 2 is 2.04 bits per heavy atom. The molecule has 7 rings (SSSR count). The largest absolute Gasteiger partial charge is 0.486 e. The van der Waals surface area contributed by atoms with E-state index in [0.717, 1.165) is 50.0 Å². The second kappa shape index (κ2) is 3.60. The van der Waals surface area contributed by atoms with Crippen LogP contribution in [0.1, 0.15) is 43.2 Å². The van der Waals surface area contributed by atoms with Crippen LogP contribution >= 0.6 is 0 Å². The highest BCUT2D eigenvalue weighted by Crippen LogP contribution is 2.76. The number of alkyl halides is 1. The minimum Gasteiger partial charge on any atom is -0.486 e. The Balaban J connectivity index is 1.74. The molecule has 1 aromatic carbocycles. The molecule has 3 atom stereocenters. The fourth-order valence-electron chi connectivity index (χ4n) is 7.22. The molecule has 4 heteroatoms. The Morgan fingerprint density at radius 1 is 1.22 bits per heavy atom. The van der Waals surface area contributed by atoms with Crippen molar-refractivity contribution in [1.82, 2.24) is 5.32 Å². The molecule has 1 N–H and O–H groups in total. The van der Waals surface area contributed by atoms with Crippen LogP contribution in [0.25, 0.3) is 0 Å². The monoisotopic (exact) mass is 315 g/mol. The van der Waals surface area contributed by atoms with Crippen LogP contribution in [0.3, 0.4) is 0 Å². The lowest BCUT2D eigenvalue weighted by Gasteiger charge is -2.71. The molecule has 4 fully saturated rings. The number of methoxy groups -OCH3 is 1. The normalized spacial score (nSPS) is 51.3. The number of fused-ring (bicyclic) bond motifs is 2. The lowest BCUT2D eigenvalue weighted by atomic mass is 9.36. The fraction of sp³-hybridized carbons (Fsp3) is 0.684. The van der Waals surface area contributed by atoms with E-state index in [1.807, 2.05) is 13.2 Å². The van der Waals surface area contributed by atoms with Gasteiger partial charge >= 0.3 is 0 Å². The lowest BCUT2D eigenvalue weighted by Crippen LogP contribution is -2.81. The maximum atomic E-state index is 16.3. The highest BCUT2D eigenvalue weighted by molar-refractivity contribution is 5.58. The van der Waals surface area contributed by atoms with Crippen molar-refractivity contribution in [3.8, 4) is 5.75 Å². The zero-order valence-electron chi connectivity index (χ0n) is 13.5. The van der Waals surface area contributed by atoms with Crippen molar-refractivity contribution < 1.29 is 13.9 Å². The predicted molar refractivity (Wildman–Crippen MR) is 83.3 cm³/mol. The van der Waals surface area contributed by atoms with Gasteiger partial charge in [-0.25, -0.2) is 4.39 Å². The summed E-state index contributed by atoms with van der Waals surface area (Å²) < 4.78 is 28.9. The van der Waals surface area contributed by atoms with Gasteiger partial charge < -0.3 is 9.47 Å². The first-order valence-electron chi connectivity index (χ1n) is 8.89. The second-order valence-corrected chi connectivity index (χ2v) is 8.27. The van der Waals surface area contributed by atoms with Crippen molar-refractivity contribution in [2.75, 3.05) is 13.7 Å². The first-order chi connectivity index (χ1) is 11.1. The summed E-state index contributed by atoms with van der Waals surface area (Å²) in [5.41, 5.74) is 1.69. The zero-order chi connectivity index (χ0) is 15.5. The van der Waals surface area contributed by atoms with Gasteiger partial charge in [-0.1, -0.05) is 12.1 Å². The van der Waals surface area contributed by atoms with Gasteiger partial charge in [0.05, 0.1) is 5.41 Å². The van der Waals surface area contributed by atoms with E-state index >= 15 is 4.39 Å². The quantitative estimate of drug-likeness (QED) is 0.809. The summed E-state index contributed by atoms with van der Waals surface area (Å²) >= 11 is 0. The molecule has 23 heavy (non-hydrogen) atoms. The van der Waals surface area contributed by atoms with Crippen LogP contribution in [-0.4, -0.2) is 31.2 Å². The molecule has 0 amide bonds. The average Bonchev–Trinajstić information content (AvgIpc) is 2.92. The van der Waals surface area contributed by atoms with Crippen molar-refractivity contribution in [3.63, 3.8) is 0 Å². The molecule has 3 nitrogen and oxygen atoms in total. The molecule has 2 aliphatic heterocycles. The standard InChI is InChI=1S/C19H22FNO2/c1-22-16-5-7-17(8-6-16)18-9-10-21-19(17,20)11-12-3-2-4-13(14(12)18)23-15(16)18/h2-4,15,21H,5-11H2,1H3. The van der Waals surface area contributed by atoms with Crippen LogP contribution in [0.4, 0.5) is 4.39 Å². The minimum atomic E-state index is -1.30. The van der Waals surface area contributed by atoms with E-state index < -0.39 is 5.79 Å². The number of rotatable bonds is 1. The highest BCUT2D eigenvalue weighted by atomic mass is 19.1. The van der Waals surface area contributed by atoms with Crippen LogP contribution in [0.2, 0.25) is 0 Å². The third kappa shape index (κ3) is 1.08. The van der Waals surface area contributed by atoms with Crippen molar-refractivity contribution in [3.05, 3.63) is 29.3 Å². The van der Waals surface area contributed by atoms with Crippen LogP contribution < -0.4 is 10.1 Å². The molecular formula is C19H22FNO2. The SMILES string of the molecule is COC12CCC3(CC1)C1(F)Cc4cccc5c4C3(CCN1)C2O5. The van der Waals surface area contributed by atoms with E-state index in [0.29, 0.717) is 6.42 Å². The van der Waals surface area contributed by atoms with Crippen LogP contribution in [0.5, 0.6) is 5.75 Å². The lowest BCUT2D eigenvalue weighted by molar-refractivity contribution is -0.274. The average molecular weight is 315 g/mol. The Morgan fingerprint density at radius 3 is 2.83 bits per heavy atom. The van der Waals surface area contributed by atoms with Gasteiger partial charge in [-0.2, -0.15) is 0 Å². The van der Waals surface area contributed by atoms with Gasteiger partial charge in [-0.3, -0.25) is 5.32 Å². The summed E-state index contributed by atoms with van der Waals surface area (Å²) in [4.78, 5) is 0. The van der Waals surface area contributed by atoms with Gasteiger partial charge in [0, 0.05) is 24.5 Å². The molecule has 3 unspecified atom stereocenters. The summed E-state index contributed by atoms with van der Waals surface area (Å²) in [6.45, 7) is 0.728. The molecular weight excluding hydrogens is 293 g/mol. The third-order valence-corrected chi connectivity index (χ3v) is 8.06. The molecule has 6 aliphatic rings. The highest BCUT2D eigenvalue weighted by Gasteiger charge is 2.81. The molecule has 4 aliphatic carbocycles. The minimum absolute atomic E-state index is 0.0313. The van der Waals surface area contributed by atoms with Crippen molar-refractivity contribution in [2.24, 2.45) is 5.41 Å². The van der Waals surface area contributed by atoms with Crippen LogP contribution in [0.15, 0.2) is 18.2 Å². The maximum Gasteiger partial charge on any atom is 0.172 e. The summed E-state index contributed by atoms with van der Waals surface area (Å²) in [5.74, 6) is -0.311. The summed E-state index contributed by atoms with van der Waals surface area (Å²) in [6, 6.07) is 6.19. The number of halogens is 1. The molecule has 3 saturated carbocycles. The third-order valence-electron chi connectivity index (χ3n) is 8.06. The zero-order valence-corrected chi connectivity index (χ0v) is 13.5. The first-order valence-corrected chi connectivity index (χ1v) is 8.89. The van der Waals surface area contributed by atoms with E-state index in [4.69, 9.17) is 9.47 Å². The van der Waals surface area contributed by atoms with E-state index in [1.165, 1.54) is 5.56 Å². The Bertz CT molecular complexity index is 726. The van der Waals surface area contributed by atoms with E-state index in [9.17, 15) is 0 Å². The van der Waals surface area contributed by atoms with E-state index in [-0.39, 0.29) is 22.5 Å². The summed E-state index contributed by atoms with van der Waals surface area (Å²) in [5, 5.41) is 3.29. The van der Waals surface area contributed by atoms with Crippen LogP contribution in [-0.2, 0) is 16.6 Å². The Kier molecular flexibility index (Phi) is 2.06. The molecule has 122 valence electrons. The van der Waals surface area contributed by atoms with Gasteiger partial charge in [-0.05, 0) is 50.3 Å². The molecule has 4 bridgehead atoms. The molecule has 1 aromatic rings. The smallest absolute Gasteiger partial charge is 0.172 e. The topological polar surface area (TPSA) is 30.5 Å². The van der Waals surface area contributed by atoms with E-state index in [1.54, 1.807) is 0 Å². The number of benzene rings is 1. The number of ether oxygens (including phenoxy) is 2. The van der Waals surface area contributed by atoms with E-state index in [2.05, 4.69) is 17.4 Å². The predicted octanol–water partition coefficient (Wildman–Crippen LogP) is 2.86. The second-order valence-electron chi connectivity index (χ2n) is 8.27. The molecule has 1 saturated heterocycles. The Labute approximate surface area is 135 Å². The summed E-state index contributed by atoms with van der Waals surface area (Å²) in [6.07, 6.45) is 5.03. The van der Waals surface area contributed by atoms with Crippen molar-refractivity contribution in [1.29, 1.82) is 0 Å². The molecule has 2 spiro atoms. The first kappa shape index (κ1) is 13.2. The summed E-state index contributed by atoms with van der Waals surface area (Å²) in [7, 11) is 1.81.